The average molecular weight is 313 g/mol. The normalized spacial score (nSPS) is 24.2. The first-order valence-electron chi connectivity index (χ1n) is 7.15. The van der Waals surface area contributed by atoms with Crippen LogP contribution in [0.25, 0.3) is 0 Å². The van der Waals surface area contributed by atoms with Crippen LogP contribution in [-0.2, 0) is 9.53 Å². The molecular weight excluding hydrogens is 292 g/mol. The number of hydrogen-bond donors (Lipinski definition) is 2. The van der Waals surface area contributed by atoms with E-state index in [2.05, 4.69) is 10.6 Å². The van der Waals surface area contributed by atoms with Crippen LogP contribution in [0.1, 0.15) is 24.4 Å². The van der Waals surface area contributed by atoms with Gasteiger partial charge in [-0.05, 0) is 6.07 Å². The minimum atomic E-state index is 0. The quantitative estimate of drug-likeness (QED) is 0.886. The number of amides is 1. The van der Waals surface area contributed by atoms with Gasteiger partial charge in [0.25, 0.3) is 0 Å². The zero-order valence-corrected chi connectivity index (χ0v) is 12.7. The number of morpholine rings is 1. The third-order valence-electron chi connectivity index (χ3n) is 3.72. The van der Waals surface area contributed by atoms with E-state index in [-0.39, 0.29) is 30.4 Å². The van der Waals surface area contributed by atoms with Crippen LogP contribution >= 0.6 is 12.4 Å². The summed E-state index contributed by atoms with van der Waals surface area (Å²) in [4.78, 5) is 12.1. The van der Waals surface area contributed by atoms with Crippen LogP contribution in [0.2, 0.25) is 0 Å². The lowest BCUT2D eigenvalue weighted by Gasteiger charge is -2.28. The second kappa shape index (κ2) is 7.64. The molecule has 1 amide bonds. The molecule has 0 saturated carbocycles. The molecule has 6 heteroatoms. The average Bonchev–Trinajstić information content (AvgIpc) is 2.48. The van der Waals surface area contributed by atoms with Gasteiger partial charge in [0.15, 0.2) is 0 Å². The summed E-state index contributed by atoms with van der Waals surface area (Å²) in [5.74, 6) is 0.942. The molecule has 2 N–H and O–H groups in total. The van der Waals surface area contributed by atoms with E-state index in [9.17, 15) is 4.79 Å². The standard InChI is InChI=1S/C15H20N2O3.ClH/c18-15(9-11-10-19-8-6-16-11)17-13-5-7-20-14-4-2-1-3-12(13)14;/h1-4,11,13,16H,5-10H2,(H,17,18);1H. The van der Waals surface area contributed by atoms with Crippen molar-refractivity contribution in [2.45, 2.75) is 24.9 Å². The second-order valence-electron chi connectivity index (χ2n) is 5.23. The van der Waals surface area contributed by atoms with Crippen molar-refractivity contribution in [1.82, 2.24) is 10.6 Å². The largest absolute Gasteiger partial charge is 0.493 e. The summed E-state index contributed by atoms with van der Waals surface area (Å²) in [5.41, 5.74) is 1.07. The fourth-order valence-electron chi connectivity index (χ4n) is 2.72. The number of benzene rings is 1. The van der Waals surface area contributed by atoms with Crippen molar-refractivity contribution in [3.8, 4) is 5.75 Å². The van der Waals surface area contributed by atoms with Gasteiger partial charge < -0.3 is 20.1 Å². The van der Waals surface area contributed by atoms with Gasteiger partial charge in [-0.1, -0.05) is 18.2 Å². The molecule has 0 spiro atoms. The molecule has 2 heterocycles. The van der Waals surface area contributed by atoms with Crippen molar-refractivity contribution in [3.05, 3.63) is 29.8 Å². The predicted molar refractivity (Wildman–Crippen MR) is 81.9 cm³/mol. The van der Waals surface area contributed by atoms with Gasteiger partial charge in [-0.15, -0.1) is 12.4 Å². The first kappa shape index (κ1) is 16.1. The maximum absolute atomic E-state index is 12.1. The molecule has 2 atom stereocenters. The lowest BCUT2D eigenvalue weighted by atomic mass is 10.00. The molecule has 2 aliphatic heterocycles. The molecule has 1 saturated heterocycles. The highest BCUT2D eigenvalue weighted by Gasteiger charge is 2.24. The van der Waals surface area contributed by atoms with E-state index in [0.717, 1.165) is 30.9 Å². The number of rotatable bonds is 3. The zero-order chi connectivity index (χ0) is 13.8. The first-order valence-corrected chi connectivity index (χ1v) is 7.15. The third-order valence-corrected chi connectivity index (χ3v) is 3.72. The van der Waals surface area contributed by atoms with Gasteiger partial charge in [0.1, 0.15) is 5.75 Å². The third kappa shape index (κ3) is 4.09. The highest BCUT2D eigenvalue weighted by atomic mass is 35.5. The van der Waals surface area contributed by atoms with E-state index in [0.29, 0.717) is 19.6 Å². The summed E-state index contributed by atoms with van der Waals surface area (Å²) in [5, 5.41) is 6.40. The summed E-state index contributed by atoms with van der Waals surface area (Å²) >= 11 is 0. The van der Waals surface area contributed by atoms with Gasteiger partial charge in [-0.2, -0.15) is 0 Å². The molecular formula is C15H21ClN2O3. The zero-order valence-electron chi connectivity index (χ0n) is 11.8. The van der Waals surface area contributed by atoms with Gasteiger partial charge in [0.05, 0.1) is 25.9 Å². The van der Waals surface area contributed by atoms with Gasteiger partial charge in [-0.3, -0.25) is 4.79 Å². The number of fused-ring (bicyclic) bond motifs is 1. The molecule has 1 fully saturated rings. The minimum absolute atomic E-state index is 0. The van der Waals surface area contributed by atoms with Crippen LogP contribution in [0.3, 0.4) is 0 Å². The van der Waals surface area contributed by atoms with Gasteiger partial charge in [0, 0.05) is 31.0 Å². The number of carbonyl (C=O) groups is 1. The van der Waals surface area contributed by atoms with Crippen molar-refractivity contribution in [2.24, 2.45) is 0 Å². The maximum Gasteiger partial charge on any atom is 0.222 e. The minimum Gasteiger partial charge on any atom is -0.493 e. The van der Waals surface area contributed by atoms with E-state index in [4.69, 9.17) is 9.47 Å². The van der Waals surface area contributed by atoms with E-state index in [1.54, 1.807) is 0 Å². The van der Waals surface area contributed by atoms with Gasteiger partial charge >= 0.3 is 0 Å². The predicted octanol–water partition coefficient (Wildman–Crippen LogP) is 1.43. The highest BCUT2D eigenvalue weighted by molar-refractivity contribution is 5.85. The summed E-state index contributed by atoms with van der Waals surface area (Å²) in [6.07, 6.45) is 1.27. The molecule has 21 heavy (non-hydrogen) atoms. The number of ether oxygens (including phenoxy) is 2. The number of hydrogen-bond acceptors (Lipinski definition) is 4. The molecule has 0 radical (unpaired) electrons. The fourth-order valence-corrected chi connectivity index (χ4v) is 2.72. The van der Waals surface area contributed by atoms with Crippen LogP contribution < -0.4 is 15.4 Å². The molecule has 5 nitrogen and oxygen atoms in total. The summed E-state index contributed by atoms with van der Waals surface area (Å²) in [7, 11) is 0. The summed E-state index contributed by atoms with van der Waals surface area (Å²) in [6.45, 7) is 2.80. The van der Waals surface area contributed by atoms with Crippen molar-refractivity contribution in [1.29, 1.82) is 0 Å². The van der Waals surface area contributed by atoms with Gasteiger partial charge in [-0.25, -0.2) is 0 Å². The first-order chi connectivity index (χ1) is 9.83. The lowest BCUT2D eigenvalue weighted by Crippen LogP contribution is -2.45. The Hall–Kier alpha value is -1.30. The molecule has 116 valence electrons. The Kier molecular flexibility index (Phi) is 5.85. The Bertz CT molecular complexity index is 478. The van der Waals surface area contributed by atoms with Crippen LogP contribution in [0, 0.1) is 0 Å². The molecule has 1 aromatic carbocycles. The molecule has 1 aromatic rings. The molecule has 2 unspecified atom stereocenters. The molecule has 0 aromatic heterocycles. The van der Waals surface area contributed by atoms with Gasteiger partial charge in [0.2, 0.25) is 5.91 Å². The Labute approximate surface area is 130 Å². The topological polar surface area (TPSA) is 59.6 Å². The summed E-state index contributed by atoms with van der Waals surface area (Å²) in [6, 6.07) is 8.07. The smallest absolute Gasteiger partial charge is 0.222 e. The Balaban J connectivity index is 0.00000161. The summed E-state index contributed by atoms with van der Waals surface area (Å²) < 4.78 is 11.0. The van der Waals surface area contributed by atoms with Crippen LogP contribution in [0.4, 0.5) is 0 Å². The number of nitrogens with one attached hydrogen (secondary N) is 2. The SMILES string of the molecule is Cl.O=C(CC1COCCN1)NC1CCOc2ccccc21. The van der Waals surface area contributed by atoms with E-state index in [1.807, 2.05) is 24.3 Å². The number of para-hydroxylation sites is 1. The Morgan fingerprint density at radius 3 is 3.00 bits per heavy atom. The number of halogens is 1. The van der Waals surface area contributed by atoms with E-state index < -0.39 is 0 Å². The van der Waals surface area contributed by atoms with E-state index >= 15 is 0 Å². The second-order valence-corrected chi connectivity index (χ2v) is 5.23. The molecule has 0 bridgehead atoms. The van der Waals surface area contributed by atoms with Crippen molar-refractivity contribution < 1.29 is 14.3 Å². The number of carbonyl (C=O) groups excluding carboxylic acids is 1. The Morgan fingerprint density at radius 2 is 2.19 bits per heavy atom. The lowest BCUT2D eigenvalue weighted by molar-refractivity contribution is -0.123. The van der Waals surface area contributed by atoms with Crippen molar-refractivity contribution in [3.63, 3.8) is 0 Å². The molecule has 2 aliphatic rings. The fraction of sp³-hybridized carbons (Fsp3) is 0.533. The van der Waals surface area contributed by atoms with Crippen LogP contribution in [0.15, 0.2) is 24.3 Å². The molecule has 0 aliphatic carbocycles. The molecule has 3 rings (SSSR count). The van der Waals surface area contributed by atoms with Crippen LogP contribution in [-0.4, -0.2) is 38.3 Å². The highest BCUT2D eigenvalue weighted by Crippen LogP contribution is 2.31. The van der Waals surface area contributed by atoms with Crippen LogP contribution in [0.5, 0.6) is 5.75 Å². The Morgan fingerprint density at radius 1 is 1.33 bits per heavy atom. The van der Waals surface area contributed by atoms with Crippen molar-refractivity contribution >= 4 is 18.3 Å². The monoisotopic (exact) mass is 312 g/mol. The maximum atomic E-state index is 12.1. The van der Waals surface area contributed by atoms with Crippen molar-refractivity contribution in [2.75, 3.05) is 26.4 Å². The van der Waals surface area contributed by atoms with E-state index in [1.165, 1.54) is 0 Å².